The lowest BCUT2D eigenvalue weighted by atomic mass is 9.98. The van der Waals surface area contributed by atoms with E-state index < -0.39 is 0 Å². The van der Waals surface area contributed by atoms with Crippen molar-refractivity contribution < 1.29 is 28.1 Å². The number of hydrogen-bond donors (Lipinski definition) is 0. The lowest BCUT2D eigenvalue weighted by molar-refractivity contribution is 0.0872. The third-order valence-electron chi connectivity index (χ3n) is 6.03. The summed E-state index contributed by atoms with van der Waals surface area (Å²) in [5, 5.41) is 0. The minimum absolute atomic E-state index is 0.177. The van der Waals surface area contributed by atoms with Crippen LogP contribution in [0, 0.1) is 12.7 Å². The first-order chi connectivity index (χ1) is 16.5. The van der Waals surface area contributed by atoms with Crippen molar-refractivity contribution in [2.45, 2.75) is 20.0 Å². The molecule has 0 aromatic heterocycles. The van der Waals surface area contributed by atoms with E-state index in [1.165, 1.54) is 12.1 Å². The molecule has 0 amide bonds. The molecular formula is C27H24FNO5. The predicted octanol–water partition coefficient (Wildman–Crippen LogP) is 5.12. The second kappa shape index (κ2) is 8.83. The maximum atomic E-state index is 13.3. The number of halogens is 1. The lowest BCUT2D eigenvalue weighted by Gasteiger charge is -2.30. The van der Waals surface area contributed by atoms with Crippen molar-refractivity contribution in [1.82, 2.24) is 4.90 Å². The van der Waals surface area contributed by atoms with Gasteiger partial charge in [-0.1, -0.05) is 12.1 Å². The van der Waals surface area contributed by atoms with Gasteiger partial charge in [0, 0.05) is 24.7 Å². The average Bonchev–Trinajstić information content (AvgIpc) is 3.18. The molecule has 0 aliphatic carbocycles. The molecule has 0 unspecified atom stereocenters. The highest BCUT2D eigenvalue weighted by Crippen LogP contribution is 2.44. The van der Waals surface area contributed by atoms with E-state index in [-0.39, 0.29) is 17.4 Å². The van der Waals surface area contributed by atoms with Crippen LogP contribution in [0.5, 0.6) is 23.0 Å². The van der Waals surface area contributed by atoms with E-state index in [9.17, 15) is 9.18 Å². The monoisotopic (exact) mass is 461 g/mol. The molecule has 0 N–H and O–H groups in total. The molecule has 3 aromatic carbocycles. The van der Waals surface area contributed by atoms with Crippen LogP contribution in [0.15, 0.2) is 54.3 Å². The van der Waals surface area contributed by atoms with Crippen molar-refractivity contribution in [3.63, 3.8) is 0 Å². The Hall–Kier alpha value is -3.84. The summed E-state index contributed by atoms with van der Waals surface area (Å²) in [4.78, 5) is 15.4. The Bertz CT molecular complexity index is 1300. The molecule has 0 saturated heterocycles. The minimum atomic E-state index is -0.267. The van der Waals surface area contributed by atoms with Crippen LogP contribution >= 0.6 is 0 Å². The van der Waals surface area contributed by atoms with Crippen molar-refractivity contribution in [3.05, 3.63) is 87.9 Å². The Morgan fingerprint density at radius 1 is 1.09 bits per heavy atom. The number of rotatable bonds is 5. The van der Waals surface area contributed by atoms with Gasteiger partial charge in [0.1, 0.15) is 35.5 Å². The normalized spacial score (nSPS) is 16.0. The van der Waals surface area contributed by atoms with E-state index in [2.05, 4.69) is 4.90 Å². The van der Waals surface area contributed by atoms with Crippen LogP contribution in [0.4, 0.5) is 4.39 Å². The molecule has 0 bridgehead atoms. The summed E-state index contributed by atoms with van der Waals surface area (Å²) in [5.74, 6) is 2.26. The van der Waals surface area contributed by atoms with Crippen LogP contribution in [0.1, 0.15) is 32.6 Å². The van der Waals surface area contributed by atoms with E-state index in [1.54, 1.807) is 44.6 Å². The van der Waals surface area contributed by atoms with Gasteiger partial charge in [-0.15, -0.1) is 0 Å². The number of carbonyl (C=O) groups is 1. The van der Waals surface area contributed by atoms with Gasteiger partial charge in [-0.2, -0.15) is 0 Å². The largest absolute Gasteiger partial charge is 0.497 e. The molecule has 2 aliphatic heterocycles. The van der Waals surface area contributed by atoms with Gasteiger partial charge in [-0.25, -0.2) is 4.39 Å². The number of benzene rings is 3. The molecule has 2 heterocycles. The predicted molar refractivity (Wildman–Crippen MR) is 125 cm³/mol. The summed E-state index contributed by atoms with van der Waals surface area (Å²) in [7, 11) is 3.15. The number of ketones is 1. The summed E-state index contributed by atoms with van der Waals surface area (Å²) in [6, 6.07) is 13.7. The number of nitrogens with zero attached hydrogens (tertiary/aromatic N) is 1. The van der Waals surface area contributed by atoms with E-state index >= 15 is 0 Å². The molecule has 7 heteroatoms. The van der Waals surface area contributed by atoms with E-state index in [4.69, 9.17) is 18.9 Å². The second-order valence-corrected chi connectivity index (χ2v) is 8.31. The number of fused-ring (bicyclic) bond motifs is 3. The van der Waals surface area contributed by atoms with E-state index in [0.29, 0.717) is 53.9 Å². The number of carbonyl (C=O) groups excluding carboxylic acids is 1. The minimum Gasteiger partial charge on any atom is -0.497 e. The van der Waals surface area contributed by atoms with Crippen molar-refractivity contribution in [1.29, 1.82) is 0 Å². The standard InChI is InChI=1S/C27H24FNO5/c1-16-10-23-21(14-29(15-33-23)13-17-4-7-19(28)8-5-17)27-25(16)26(30)24(34-27)11-18-6-9-20(31-2)12-22(18)32-3/h4-12H,13-15H2,1-3H3/b24-11-. The van der Waals surface area contributed by atoms with Crippen LogP contribution in [0.2, 0.25) is 0 Å². The van der Waals surface area contributed by atoms with Gasteiger partial charge in [0.15, 0.2) is 5.76 Å². The lowest BCUT2D eigenvalue weighted by Crippen LogP contribution is -2.31. The van der Waals surface area contributed by atoms with Gasteiger partial charge in [0.05, 0.1) is 25.3 Å². The molecule has 6 nitrogen and oxygen atoms in total. The molecule has 0 radical (unpaired) electrons. The molecule has 174 valence electrons. The molecule has 0 atom stereocenters. The highest BCUT2D eigenvalue weighted by atomic mass is 19.1. The average molecular weight is 461 g/mol. The highest BCUT2D eigenvalue weighted by molar-refractivity contribution is 6.16. The van der Waals surface area contributed by atoms with Gasteiger partial charge in [-0.05, 0) is 54.5 Å². The Balaban J connectivity index is 1.46. The summed E-state index contributed by atoms with van der Waals surface area (Å²) < 4.78 is 36.1. The molecule has 2 aliphatic rings. The highest BCUT2D eigenvalue weighted by Gasteiger charge is 2.35. The first kappa shape index (κ1) is 22.0. The van der Waals surface area contributed by atoms with Crippen LogP contribution in [0.3, 0.4) is 0 Å². The fraction of sp³-hybridized carbons (Fsp3) is 0.222. The molecule has 0 spiro atoms. The van der Waals surface area contributed by atoms with Crippen LogP contribution < -0.4 is 18.9 Å². The van der Waals surface area contributed by atoms with Crippen molar-refractivity contribution in [2.24, 2.45) is 0 Å². The van der Waals surface area contributed by atoms with Gasteiger partial charge in [0.25, 0.3) is 0 Å². The quantitative estimate of drug-likeness (QED) is 0.492. The zero-order valence-corrected chi connectivity index (χ0v) is 19.2. The first-order valence-corrected chi connectivity index (χ1v) is 10.9. The smallest absolute Gasteiger partial charge is 0.232 e. The Kier molecular flexibility index (Phi) is 5.71. The zero-order chi connectivity index (χ0) is 23.8. The number of Topliss-reactive ketones (excluding diaryl/α,β-unsaturated/α-hetero) is 1. The summed E-state index contributed by atoms with van der Waals surface area (Å²) in [5.41, 5.74) is 3.86. The maximum Gasteiger partial charge on any atom is 0.232 e. The van der Waals surface area contributed by atoms with Crippen molar-refractivity contribution >= 4 is 11.9 Å². The number of ether oxygens (including phenoxy) is 4. The second-order valence-electron chi connectivity index (χ2n) is 8.31. The fourth-order valence-corrected chi connectivity index (χ4v) is 4.30. The number of allylic oxidation sites excluding steroid dienone is 1. The fourth-order valence-electron chi connectivity index (χ4n) is 4.30. The van der Waals surface area contributed by atoms with Gasteiger partial charge >= 0.3 is 0 Å². The molecule has 3 aromatic rings. The van der Waals surface area contributed by atoms with Gasteiger partial charge in [-0.3, -0.25) is 9.69 Å². The number of methoxy groups -OCH3 is 2. The summed E-state index contributed by atoms with van der Waals surface area (Å²) in [6.07, 6.45) is 1.69. The third-order valence-corrected chi connectivity index (χ3v) is 6.03. The maximum absolute atomic E-state index is 13.3. The van der Waals surface area contributed by atoms with E-state index in [0.717, 1.165) is 16.7 Å². The first-order valence-electron chi connectivity index (χ1n) is 10.9. The zero-order valence-electron chi connectivity index (χ0n) is 19.2. The molecule has 0 saturated carbocycles. The third kappa shape index (κ3) is 3.99. The van der Waals surface area contributed by atoms with Gasteiger partial charge in [0.2, 0.25) is 5.78 Å². The Morgan fingerprint density at radius 3 is 2.62 bits per heavy atom. The van der Waals surface area contributed by atoms with Crippen molar-refractivity contribution in [3.8, 4) is 23.0 Å². The summed E-state index contributed by atoms with van der Waals surface area (Å²) >= 11 is 0. The Labute approximate surface area is 197 Å². The Morgan fingerprint density at radius 2 is 1.88 bits per heavy atom. The molecule has 0 fully saturated rings. The molecule has 5 rings (SSSR count). The van der Waals surface area contributed by atoms with Crippen LogP contribution in [-0.4, -0.2) is 31.6 Å². The summed E-state index contributed by atoms with van der Waals surface area (Å²) in [6.45, 7) is 3.40. The topological polar surface area (TPSA) is 57.2 Å². The number of hydrogen-bond acceptors (Lipinski definition) is 6. The van der Waals surface area contributed by atoms with Crippen molar-refractivity contribution in [2.75, 3.05) is 21.0 Å². The molecule has 34 heavy (non-hydrogen) atoms. The van der Waals surface area contributed by atoms with Crippen LogP contribution in [-0.2, 0) is 13.1 Å². The number of aryl methyl sites for hydroxylation is 1. The van der Waals surface area contributed by atoms with E-state index in [1.807, 2.05) is 19.1 Å². The molecular weight excluding hydrogens is 437 g/mol. The SMILES string of the molecule is COc1ccc(/C=C2\Oc3c4c(cc(C)c3C2=O)OCN(Cc2ccc(F)cc2)C4)c(OC)c1. The van der Waals surface area contributed by atoms with Gasteiger partial charge < -0.3 is 18.9 Å². The van der Waals surface area contributed by atoms with Crippen LogP contribution in [0.25, 0.3) is 6.08 Å².